The molecule has 4 rings (SSSR count). The second kappa shape index (κ2) is 5.53. The summed E-state index contributed by atoms with van der Waals surface area (Å²) < 4.78 is 9.60. The van der Waals surface area contributed by atoms with E-state index in [-0.39, 0.29) is 0 Å². The van der Waals surface area contributed by atoms with Crippen molar-refractivity contribution in [3.05, 3.63) is 36.9 Å². The average Bonchev–Trinajstić information content (AvgIpc) is 3.23. The summed E-state index contributed by atoms with van der Waals surface area (Å²) in [6.07, 6.45) is 10.4. The number of aromatic nitrogens is 5. The summed E-state index contributed by atoms with van der Waals surface area (Å²) in [6, 6.07) is 6.47. The van der Waals surface area contributed by atoms with Gasteiger partial charge in [-0.3, -0.25) is 0 Å². The first-order valence-corrected chi connectivity index (χ1v) is 7.71. The zero-order valence-corrected chi connectivity index (χ0v) is 12.6. The highest BCUT2D eigenvalue weighted by Gasteiger charge is 2.24. The predicted molar refractivity (Wildman–Crippen MR) is 82.5 cm³/mol. The molecular formula is C16H19N5O. The molecule has 0 aliphatic heterocycles. The third kappa shape index (κ3) is 2.20. The van der Waals surface area contributed by atoms with Gasteiger partial charge in [0.2, 0.25) is 0 Å². The van der Waals surface area contributed by atoms with Gasteiger partial charge < -0.3 is 9.30 Å². The van der Waals surface area contributed by atoms with Crippen LogP contribution in [0.15, 0.2) is 36.9 Å². The van der Waals surface area contributed by atoms with Crippen LogP contribution >= 0.6 is 0 Å². The van der Waals surface area contributed by atoms with E-state index in [1.807, 2.05) is 28.9 Å². The van der Waals surface area contributed by atoms with E-state index in [0.29, 0.717) is 12.1 Å². The van der Waals surface area contributed by atoms with Gasteiger partial charge in [0.05, 0.1) is 6.10 Å². The molecule has 6 heteroatoms. The molecule has 1 saturated carbocycles. The van der Waals surface area contributed by atoms with Crippen LogP contribution in [0.4, 0.5) is 0 Å². The molecule has 3 aromatic rings. The van der Waals surface area contributed by atoms with Crippen LogP contribution in [0.5, 0.6) is 0 Å². The van der Waals surface area contributed by atoms with Crippen LogP contribution in [-0.4, -0.2) is 37.4 Å². The fourth-order valence-electron chi connectivity index (χ4n) is 3.38. The number of pyridine rings is 1. The Morgan fingerprint density at radius 1 is 1.14 bits per heavy atom. The van der Waals surface area contributed by atoms with Crippen molar-refractivity contribution in [1.82, 2.24) is 24.1 Å². The number of methoxy groups -OCH3 is 1. The van der Waals surface area contributed by atoms with E-state index in [0.717, 1.165) is 42.8 Å². The Hall–Kier alpha value is -2.21. The zero-order chi connectivity index (χ0) is 14.9. The molecule has 1 aliphatic rings. The highest BCUT2D eigenvalue weighted by molar-refractivity contribution is 5.56. The summed E-state index contributed by atoms with van der Waals surface area (Å²) in [4.78, 5) is 8.82. The first kappa shape index (κ1) is 13.5. The van der Waals surface area contributed by atoms with E-state index < -0.39 is 0 Å². The van der Waals surface area contributed by atoms with E-state index in [4.69, 9.17) is 4.74 Å². The van der Waals surface area contributed by atoms with Gasteiger partial charge in [-0.2, -0.15) is 5.10 Å². The maximum atomic E-state index is 5.47. The lowest BCUT2D eigenvalue weighted by atomic mass is 9.92. The number of ether oxygens (including phenoxy) is 1. The quantitative estimate of drug-likeness (QED) is 0.746. The molecule has 22 heavy (non-hydrogen) atoms. The van der Waals surface area contributed by atoms with Crippen molar-refractivity contribution >= 4 is 5.65 Å². The average molecular weight is 297 g/mol. The minimum atomic E-state index is 0.405. The fourth-order valence-corrected chi connectivity index (χ4v) is 3.38. The predicted octanol–water partition coefficient (Wildman–Crippen LogP) is 2.72. The van der Waals surface area contributed by atoms with Gasteiger partial charge in [-0.05, 0) is 37.8 Å². The largest absolute Gasteiger partial charge is 0.381 e. The van der Waals surface area contributed by atoms with Gasteiger partial charge in [-0.1, -0.05) is 6.07 Å². The third-order valence-electron chi connectivity index (χ3n) is 4.57. The second-order valence-corrected chi connectivity index (χ2v) is 5.77. The summed E-state index contributed by atoms with van der Waals surface area (Å²) in [5.41, 5.74) is 1.82. The van der Waals surface area contributed by atoms with Gasteiger partial charge >= 0.3 is 0 Å². The van der Waals surface area contributed by atoms with Crippen molar-refractivity contribution in [1.29, 1.82) is 0 Å². The molecule has 0 unspecified atom stereocenters. The molecule has 0 amide bonds. The van der Waals surface area contributed by atoms with E-state index in [1.54, 1.807) is 13.4 Å². The van der Waals surface area contributed by atoms with E-state index in [2.05, 4.69) is 25.8 Å². The van der Waals surface area contributed by atoms with Crippen LogP contribution in [0, 0.1) is 0 Å². The first-order chi connectivity index (χ1) is 10.9. The van der Waals surface area contributed by atoms with Crippen LogP contribution in [0.25, 0.3) is 17.2 Å². The molecule has 0 atom stereocenters. The zero-order valence-electron chi connectivity index (χ0n) is 12.6. The molecule has 0 spiro atoms. The van der Waals surface area contributed by atoms with Crippen molar-refractivity contribution in [2.24, 2.45) is 0 Å². The van der Waals surface area contributed by atoms with Crippen molar-refractivity contribution in [2.45, 2.75) is 37.8 Å². The van der Waals surface area contributed by atoms with Gasteiger partial charge in [0.15, 0.2) is 11.5 Å². The van der Waals surface area contributed by atoms with Crippen LogP contribution in [-0.2, 0) is 4.74 Å². The lowest BCUT2D eigenvalue weighted by molar-refractivity contribution is 0.0586. The number of fused-ring (bicyclic) bond motifs is 1. The smallest absolute Gasteiger partial charge is 0.159 e. The second-order valence-electron chi connectivity index (χ2n) is 5.77. The minimum absolute atomic E-state index is 0.405. The Labute approximate surface area is 128 Å². The van der Waals surface area contributed by atoms with Crippen LogP contribution in [0.2, 0.25) is 0 Å². The summed E-state index contributed by atoms with van der Waals surface area (Å²) in [5.74, 6) is 0.956. The highest BCUT2D eigenvalue weighted by Crippen LogP contribution is 2.32. The SMILES string of the molecule is COC1CCC(n2ccnc2-c2cccc3ncnn23)CC1. The Kier molecular flexibility index (Phi) is 3.38. The Morgan fingerprint density at radius 3 is 2.82 bits per heavy atom. The van der Waals surface area contributed by atoms with Crippen LogP contribution < -0.4 is 0 Å². The minimum Gasteiger partial charge on any atom is -0.381 e. The normalized spacial score (nSPS) is 22.2. The van der Waals surface area contributed by atoms with Gasteiger partial charge in [-0.25, -0.2) is 14.5 Å². The third-order valence-corrected chi connectivity index (χ3v) is 4.57. The van der Waals surface area contributed by atoms with Gasteiger partial charge in [0.1, 0.15) is 12.0 Å². The van der Waals surface area contributed by atoms with Crippen molar-refractivity contribution in [3.63, 3.8) is 0 Å². The van der Waals surface area contributed by atoms with Crippen molar-refractivity contribution < 1.29 is 4.74 Å². The topological polar surface area (TPSA) is 57.2 Å². The van der Waals surface area contributed by atoms with E-state index in [9.17, 15) is 0 Å². The highest BCUT2D eigenvalue weighted by atomic mass is 16.5. The first-order valence-electron chi connectivity index (χ1n) is 7.71. The molecule has 1 aliphatic carbocycles. The molecule has 3 heterocycles. The van der Waals surface area contributed by atoms with Crippen molar-refractivity contribution in [3.8, 4) is 11.5 Å². The molecule has 114 valence electrons. The molecular weight excluding hydrogens is 278 g/mol. The lowest BCUT2D eigenvalue weighted by Gasteiger charge is -2.29. The number of hydrogen-bond acceptors (Lipinski definition) is 4. The van der Waals surface area contributed by atoms with Crippen LogP contribution in [0.3, 0.4) is 0 Å². The van der Waals surface area contributed by atoms with E-state index in [1.165, 1.54) is 0 Å². The molecule has 3 aromatic heterocycles. The summed E-state index contributed by atoms with van der Waals surface area (Å²) in [7, 11) is 1.80. The monoisotopic (exact) mass is 297 g/mol. The molecule has 0 saturated heterocycles. The van der Waals surface area contributed by atoms with Crippen molar-refractivity contribution in [2.75, 3.05) is 7.11 Å². The number of nitrogens with zero attached hydrogens (tertiary/aromatic N) is 5. The number of hydrogen-bond donors (Lipinski definition) is 0. The summed E-state index contributed by atoms with van der Waals surface area (Å²) in [6.45, 7) is 0. The van der Waals surface area contributed by atoms with Gasteiger partial charge in [0.25, 0.3) is 0 Å². The lowest BCUT2D eigenvalue weighted by Crippen LogP contribution is -2.23. The molecule has 6 nitrogen and oxygen atoms in total. The fraction of sp³-hybridized carbons (Fsp3) is 0.438. The number of rotatable bonds is 3. The molecule has 0 bridgehead atoms. The maximum Gasteiger partial charge on any atom is 0.159 e. The van der Waals surface area contributed by atoms with E-state index >= 15 is 0 Å². The molecule has 0 radical (unpaired) electrons. The molecule has 0 N–H and O–H groups in total. The molecule has 0 aromatic carbocycles. The standard InChI is InChI=1S/C16H19N5O/c1-22-13-7-5-12(6-8-13)20-10-9-17-16(20)14-3-2-4-15-18-11-19-21(14)15/h2-4,9-13H,5-8H2,1H3. The number of imidazole rings is 1. The Bertz CT molecular complexity index is 770. The summed E-state index contributed by atoms with van der Waals surface area (Å²) >= 11 is 0. The summed E-state index contributed by atoms with van der Waals surface area (Å²) in [5, 5.41) is 4.32. The molecule has 1 fully saturated rings. The Morgan fingerprint density at radius 2 is 2.00 bits per heavy atom. The van der Waals surface area contributed by atoms with Gasteiger partial charge in [0, 0.05) is 25.5 Å². The Balaban J connectivity index is 1.70. The van der Waals surface area contributed by atoms with Gasteiger partial charge in [-0.15, -0.1) is 0 Å². The van der Waals surface area contributed by atoms with Crippen LogP contribution in [0.1, 0.15) is 31.7 Å². The maximum absolute atomic E-state index is 5.47.